The highest BCUT2D eigenvalue weighted by atomic mass is 15.0. The van der Waals surface area contributed by atoms with Gasteiger partial charge in [0, 0.05) is 23.1 Å². The second-order valence-electron chi connectivity index (χ2n) is 3.67. The third kappa shape index (κ3) is 1.24. The van der Waals surface area contributed by atoms with Crippen molar-refractivity contribution in [2.45, 2.75) is 19.9 Å². The summed E-state index contributed by atoms with van der Waals surface area (Å²) in [6.07, 6.45) is 2.12. The highest BCUT2D eigenvalue weighted by Crippen LogP contribution is 2.23. The second-order valence-corrected chi connectivity index (χ2v) is 3.67. The minimum Gasteiger partial charge on any atom is -0.345 e. The van der Waals surface area contributed by atoms with Gasteiger partial charge in [0.2, 0.25) is 0 Å². The Labute approximate surface area is 79.0 Å². The fourth-order valence-electron chi connectivity index (χ4n) is 1.70. The molecule has 1 aromatic heterocycles. The van der Waals surface area contributed by atoms with E-state index in [0.29, 0.717) is 6.04 Å². The molecule has 0 bridgehead atoms. The van der Waals surface area contributed by atoms with Crippen LogP contribution in [0.3, 0.4) is 0 Å². The van der Waals surface area contributed by atoms with Crippen LogP contribution in [0.2, 0.25) is 0 Å². The molecule has 0 aliphatic rings. The number of hydrogen-bond donors (Lipinski definition) is 0. The van der Waals surface area contributed by atoms with E-state index >= 15 is 0 Å². The fraction of sp³-hybridized carbons (Fsp3) is 0.250. The van der Waals surface area contributed by atoms with Gasteiger partial charge in [-0.2, -0.15) is 0 Å². The molecule has 2 aromatic rings. The van der Waals surface area contributed by atoms with E-state index in [2.05, 4.69) is 55.8 Å². The molecule has 1 nitrogen and oxygen atoms in total. The lowest BCUT2D eigenvalue weighted by Gasteiger charge is -2.08. The third-order valence-electron chi connectivity index (χ3n) is 2.38. The molecule has 0 spiro atoms. The van der Waals surface area contributed by atoms with Gasteiger partial charge >= 0.3 is 0 Å². The summed E-state index contributed by atoms with van der Waals surface area (Å²) in [5, 5.41) is 1.26. The molecule has 0 atom stereocenters. The summed E-state index contributed by atoms with van der Waals surface area (Å²) in [6.45, 7) is 8.40. The summed E-state index contributed by atoms with van der Waals surface area (Å²) >= 11 is 0. The van der Waals surface area contributed by atoms with Crippen LogP contribution < -0.4 is 0 Å². The zero-order valence-electron chi connectivity index (χ0n) is 8.12. The molecule has 0 aliphatic heterocycles. The van der Waals surface area contributed by atoms with Gasteiger partial charge in [-0.05, 0) is 32.4 Å². The van der Waals surface area contributed by atoms with Crippen LogP contribution in [0, 0.1) is 6.92 Å². The first-order valence-corrected chi connectivity index (χ1v) is 4.61. The number of fused-ring (bicyclic) bond motifs is 1. The molecule has 0 saturated carbocycles. The first-order valence-electron chi connectivity index (χ1n) is 4.61. The Morgan fingerprint density at radius 2 is 1.92 bits per heavy atom. The predicted octanol–water partition coefficient (Wildman–Crippen LogP) is 3.40. The maximum absolute atomic E-state index is 4.03. The summed E-state index contributed by atoms with van der Waals surface area (Å²) in [5.74, 6) is 0. The van der Waals surface area contributed by atoms with Gasteiger partial charge in [0.1, 0.15) is 0 Å². The molecular weight excluding hydrogens is 158 g/mol. The quantitative estimate of drug-likeness (QED) is 0.621. The highest BCUT2D eigenvalue weighted by Gasteiger charge is 2.05. The van der Waals surface area contributed by atoms with Crippen molar-refractivity contribution in [3.05, 3.63) is 42.9 Å². The number of benzene rings is 1. The largest absolute Gasteiger partial charge is 0.345 e. The lowest BCUT2D eigenvalue weighted by atomic mass is 10.2. The maximum Gasteiger partial charge on any atom is 0.0485 e. The predicted molar refractivity (Wildman–Crippen MR) is 56.8 cm³/mol. The van der Waals surface area contributed by atoms with E-state index in [1.807, 2.05) is 0 Å². The molecule has 0 aliphatic carbocycles. The molecule has 0 saturated heterocycles. The van der Waals surface area contributed by atoms with Crippen molar-refractivity contribution in [1.29, 1.82) is 0 Å². The number of rotatable bonds is 1. The molecule has 1 radical (unpaired) electrons. The van der Waals surface area contributed by atoms with E-state index in [4.69, 9.17) is 0 Å². The van der Waals surface area contributed by atoms with Crippen LogP contribution in [-0.2, 0) is 0 Å². The Hall–Kier alpha value is -1.24. The summed E-state index contributed by atoms with van der Waals surface area (Å²) in [6, 6.07) is 8.89. The topological polar surface area (TPSA) is 4.93 Å². The van der Waals surface area contributed by atoms with Gasteiger partial charge < -0.3 is 4.57 Å². The van der Waals surface area contributed by atoms with Crippen molar-refractivity contribution in [2.24, 2.45) is 0 Å². The van der Waals surface area contributed by atoms with E-state index in [9.17, 15) is 0 Å². The zero-order chi connectivity index (χ0) is 9.42. The van der Waals surface area contributed by atoms with Crippen LogP contribution in [0.5, 0.6) is 0 Å². The van der Waals surface area contributed by atoms with Crippen LogP contribution in [-0.4, -0.2) is 4.57 Å². The summed E-state index contributed by atoms with van der Waals surface area (Å²) < 4.78 is 2.26. The minimum absolute atomic E-state index is 0.500. The molecular formula is C12H14N. The normalized spacial score (nSPS) is 11.4. The van der Waals surface area contributed by atoms with Crippen molar-refractivity contribution in [3.63, 3.8) is 0 Å². The SMILES string of the molecule is [CH2]c1cn(C(C)C)c2ccccc12. The molecule has 0 amide bonds. The van der Waals surface area contributed by atoms with E-state index in [0.717, 1.165) is 5.56 Å². The average Bonchev–Trinajstić information content (AvgIpc) is 2.45. The zero-order valence-corrected chi connectivity index (χ0v) is 8.12. The molecule has 13 heavy (non-hydrogen) atoms. The van der Waals surface area contributed by atoms with Gasteiger partial charge in [-0.3, -0.25) is 0 Å². The lowest BCUT2D eigenvalue weighted by molar-refractivity contribution is 0.622. The summed E-state index contributed by atoms with van der Waals surface area (Å²) in [4.78, 5) is 0. The number of aromatic nitrogens is 1. The van der Waals surface area contributed by atoms with E-state index < -0.39 is 0 Å². The van der Waals surface area contributed by atoms with Gasteiger partial charge in [0.05, 0.1) is 0 Å². The first kappa shape index (κ1) is 8.36. The molecule has 1 heterocycles. The maximum atomic E-state index is 4.03. The smallest absolute Gasteiger partial charge is 0.0485 e. The molecule has 1 aromatic carbocycles. The van der Waals surface area contributed by atoms with Crippen LogP contribution in [0.15, 0.2) is 30.5 Å². The van der Waals surface area contributed by atoms with Crippen LogP contribution >= 0.6 is 0 Å². The van der Waals surface area contributed by atoms with Crippen molar-refractivity contribution in [2.75, 3.05) is 0 Å². The number of hydrogen-bond acceptors (Lipinski definition) is 0. The Balaban J connectivity index is 2.78. The average molecular weight is 172 g/mol. The van der Waals surface area contributed by atoms with Gasteiger partial charge in [-0.25, -0.2) is 0 Å². The Morgan fingerprint density at radius 1 is 1.23 bits per heavy atom. The lowest BCUT2D eigenvalue weighted by Crippen LogP contribution is -1.97. The minimum atomic E-state index is 0.500. The molecule has 0 unspecified atom stereocenters. The van der Waals surface area contributed by atoms with Crippen molar-refractivity contribution >= 4 is 10.9 Å². The molecule has 1 heteroatoms. The van der Waals surface area contributed by atoms with Crippen LogP contribution in [0.1, 0.15) is 25.5 Å². The molecule has 0 N–H and O–H groups in total. The van der Waals surface area contributed by atoms with E-state index in [1.54, 1.807) is 0 Å². The molecule has 0 fully saturated rings. The summed E-state index contributed by atoms with van der Waals surface area (Å²) in [7, 11) is 0. The molecule has 2 rings (SSSR count). The van der Waals surface area contributed by atoms with Crippen molar-refractivity contribution in [3.8, 4) is 0 Å². The Bertz CT molecular complexity index is 424. The standard InChI is InChI=1S/C12H14N/c1-9(2)13-8-10(3)11-6-4-5-7-12(11)13/h4-9H,3H2,1-2H3. The number of para-hydroxylation sites is 1. The van der Waals surface area contributed by atoms with Gasteiger partial charge in [-0.1, -0.05) is 18.2 Å². The monoisotopic (exact) mass is 172 g/mol. The summed E-state index contributed by atoms with van der Waals surface area (Å²) in [5.41, 5.74) is 2.40. The van der Waals surface area contributed by atoms with Crippen molar-refractivity contribution in [1.82, 2.24) is 4.57 Å². The van der Waals surface area contributed by atoms with Gasteiger partial charge in [0.25, 0.3) is 0 Å². The number of nitrogens with zero attached hydrogens (tertiary/aromatic N) is 1. The van der Waals surface area contributed by atoms with Crippen molar-refractivity contribution < 1.29 is 0 Å². The van der Waals surface area contributed by atoms with Gasteiger partial charge in [-0.15, -0.1) is 0 Å². The third-order valence-corrected chi connectivity index (χ3v) is 2.38. The van der Waals surface area contributed by atoms with E-state index in [-0.39, 0.29) is 0 Å². The fourth-order valence-corrected chi connectivity index (χ4v) is 1.70. The van der Waals surface area contributed by atoms with Gasteiger partial charge in [0.15, 0.2) is 0 Å². The van der Waals surface area contributed by atoms with Crippen LogP contribution in [0.25, 0.3) is 10.9 Å². The second kappa shape index (κ2) is 2.91. The molecule has 67 valence electrons. The Kier molecular flexibility index (Phi) is 1.87. The Morgan fingerprint density at radius 3 is 2.62 bits per heavy atom. The first-order chi connectivity index (χ1) is 6.20. The van der Waals surface area contributed by atoms with E-state index in [1.165, 1.54) is 10.9 Å². The highest BCUT2D eigenvalue weighted by molar-refractivity contribution is 5.84. The van der Waals surface area contributed by atoms with Crippen LogP contribution in [0.4, 0.5) is 0 Å².